The Kier molecular flexibility index (Phi) is 49.7. The van der Waals surface area contributed by atoms with E-state index in [1.807, 2.05) is 6.08 Å². The molecule has 0 radical (unpaired) electrons. The highest BCUT2D eigenvalue weighted by atomic mass is 16.3. The number of aliphatic hydroxyl groups is 2. The van der Waals surface area contributed by atoms with Gasteiger partial charge in [0.2, 0.25) is 5.91 Å². The van der Waals surface area contributed by atoms with Gasteiger partial charge in [-0.05, 0) is 19.3 Å². The molecule has 4 nitrogen and oxygen atoms in total. The summed E-state index contributed by atoms with van der Waals surface area (Å²) in [5.74, 6) is -0.0565. The lowest BCUT2D eigenvalue weighted by atomic mass is 10.0. The third-order valence-electron chi connectivity index (χ3n) is 12.8. The van der Waals surface area contributed by atoms with Crippen molar-refractivity contribution >= 4 is 5.91 Å². The molecule has 0 saturated carbocycles. The maximum Gasteiger partial charge on any atom is 0.220 e. The van der Waals surface area contributed by atoms with E-state index < -0.39 is 12.1 Å². The topological polar surface area (TPSA) is 69.6 Å². The Hall–Kier alpha value is -0.870. The standard InChI is InChI=1S/C54H107NO3/c1-3-5-7-9-11-13-15-17-19-21-23-25-26-27-28-29-30-31-33-35-37-39-41-43-45-47-49-53(57)52(51-56)55-54(58)50-48-46-44-42-40-38-36-34-32-24-22-20-18-16-14-12-10-8-6-4-2/h47,49,52-53,56-57H,3-46,48,50-51H2,1-2H3,(H,55,58)/b49-47+. The van der Waals surface area contributed by atoms with Gasteiger partial charge >= 0.3 is 0 Å². The van der Waals surface area contributed by atoms with E-state index in [0.29, 0.717) is 6.42 Å². The van der Waals surface area contributed by atoms with Gasteiger partial charge in [-0.2, -0.15) is 0 Å². The molecule has 0 aromatic heterocycles. The molecule has 0 bridgehead atoms. The summed E-state index contributed by atoms with van der Waals surface area (Å²) >= 11 is 0. The minimum absolute atomic E-state index is 0.0565. The van der Waals surface area contributed by atoms with E-state index in [1.165, 1.54) is 263 Å². The van der Waals surface area contributed by atoms with E-state index in [2.05, 4.69) is 19.2 Å². The Bertz CT molecular complexity index is 799. The molecule has 0 aromatic carbocycles. The Labute approximate surface area is 365 Å². The number of hydrogen-bond acceptors (Lipinski definition) is 3. The molecule has 0 aliphatic heterocycles. The molecular weight excluding hydrogens is 711 g/mol. The highest BCUT2D eigenvalue weighted by molar-refractivity contribution is 5.76. The molecule has 0 spiro atoms. The molecule has 0 fully saturated rings. The lowest BCUT2D eigenvalue weighted by Crippen LogP contribution is -2.45. The fraction of sp³-hybridized carbons (Fsp3) is 0.944. The van der Waals surface area contributed by atoms with E-state index in [1.54, 1.807) is 6.08 Å². The molecular formula is C54H107NO3. The van der Waals surface area contributed by atoms with Crippen LogP contribution in [0.25, 0.3) is 0 Å². The molecule has 2 unspecified atom stereocenters. The Morgan fingerprint density at radius 3 is 0.897 bits per heavy atom. The van der Waals surface area contributed by atoms with Crippen LogP contribution in [0.3, 0.4) is 0 Å². The second-order valence-electron chi connectivity index (χ2n) is 18.7. The van der Waals surface area contributed by atoms with E-state index >= 15 is 0 Å². The third-order valence-corrected chi connectivity index (χ3v) is 12.8. The molecule has 0 heterocycles. The zero-order chi connectivity index (χ0) is 42.1. The largest absolute Gasteiger partial charge is 0.394 e. The predicted molar refractivity (Wildman–Crippen MR) is 258 cm³/mol. The van der Waals surface area contributed by atoms with Crippen molar-refractivity contribution in [2.75, 3.05) is 6.61 Å². The number of nitrogens with one attached hydrogen (secondary N) is 1. The maximum absolute atomic E-state index is 12.4. The minimum Gasteiger partial charge on any atom is -0.394 e. The second-order valence-corrected chi connectivity index (χ2v) is 18.7. The van der Waals surface area contributed by atoms with Crippen LogP contribution >= 0.6 is 0 Å². The van der Waals surface area contributed by atoms with E-state index in [9.17, 15) is 15.0 Å². The first-order chi connectivity index (χ1) is 28.7. The fourth-order valence-corrected chi connectivity index (χ4v) is 8.65. The number of rotatable bonds is 50. The maximum atomic E-state index is 12.4. The minimum atomic E-state index is -0.835. The smallest absolute Gasteiger partial charge is 0.220 e. The van der Waals surface area contributed by atoms with E-state index in [4.69, 9.17) is 0 Å². The van der Waals surface area contributed by atoms with Crippen molar-refractivity contribution in [1.29, 1.82) is 0 Å². The lowest BCUT2D eigenvalue weighted by molar-refractivity contribution is -0.123. The van der Waals surface area contributed by atoms with Gasteiger partial charge in [0.15, 0.2) is 0 Å². The average molecular weight is 818 g/mol. The van der Waals surface area contributed by atoms with Crippen LogP contribution in [-0.2, 0) is 4.79 Å². The Morgan fingerprint density at radius 2 is 0.638 bits per heavy atom. The number of aliphatic hydroxyl groups excluding tert-OH is 2. The zero-order valence-electron chi connectivity index (χ0n) is 39.8. The van der Waals surface area contributed by atoms with Crippen molar-refractivity contribution in [2.45, 2.75) is 321 Å². The van der Waals surface area contributed by atoms with Gasteiger partial charge in [-0.3, -0.25) is 4.79 Å². The van der Waals surface area contributed by atoms with Crippen molar-refractivity contribution in [3.8, 4) is 0 Å². The summed E-state index contributed by atoms with van der Waals surface area (Å²) in [6, 6.07) is -0.618. The molecule has 0 aliphatic carbocycles. The molecule has 1 amide bonds. The molecule has 4 heteroatoms. The van der Waals surface area contributed by atoms with E-state index in [0.717, 1.165) is 25.7 Å². The SMILES string of the molecule is CCCCCCCCCCCCCCCCCCCCCCCCCC/C=C/C(O)C(CO)NC(=O)CCCCCCCCCCCCCCCCCCCCCC. The van der Waals surface area contributed by atoms with Gasteiger partial charge < -0.3 is 15.5 Å². The first-order valence-electron chi connectivity index (χ1n) is 26.9. The summed E-state index contributed by atoms with van der Waals surface area (Å²) in [5.41, 5.74) is 0. The van der Waals surface area contributed by atoms with Crippen molar-refractivity contribution < 1.29 is 15.0 Å². The van der Waals surface area contributed by atoms with Crippen LogP contribution in [0.4, 0.5) is 0 Å². The molecule has 0 aromatic rings. The summed E-state index contributed by atoms with van der Waals surface area (Å²) in [4.78, 5) is 12.4. The number of allylic oxidation sites excluding steroid dienone is 1. The first kappa shape index (κ1) is 57.1. The predicted octanol–water partition coefficient (Wildman–Crippen LogP) is 17.4. The van der Waals surface area contributed by atoms with Gasteiger partial charge in [0.05, 0.1) is 18.8 Å². The van der Waals surface area contributed by atoms with Crippen molar-refractivity contribution in [3.63, 3.8) is 0 Å². The molecule has 0 saturated heterocycles. The van der Waals surface area contributed by atoms with Gasteiger partial charge in [0, 0.05) is 6.42 Å². The van der Waals surface area contributed by atoms with E-state index in [-0.39, 0.29) is 12.5 Å². The van der Waals surface area contributed by atoms with Crippen LogP contribution < -0.4 is 5.32 Å². The van der Waals surface area contributed by atoms with Crippen LogP contribution in [0.2, 0.25) is 0 Å². The van der Waals surface area contributed by atoms with Crippen LogP contribution in [-0.4, -0.2) is 34.9 Å². The molecule has 58 heavy (non-hydrogen) atoms. The monoisotopic (exact) mass is 818 g/mol. The first-order valence-corrected chi connectivity index (χ1v) is 26.9. The second kappa shape index (κ2) is 50.5. The van der Waals surface area contributed by atoms with Crippen LogP contribution in [0, 0.1) is 0 Å². The van der Waals surface area contributed by atoms with Crippen molar-refractivity contribution in [2.24, 2.45) is 0 Å². The number of hydrogen-bond donors (Lipinski definition) is 3. The quantitative estimate of drug-likeness (QED) is 0.0423. The summed E-state index contributed by atoms with van der Waals surface area (Å²) in [6.45, 7) is 4.35. The summed E-state index contributed by atoms with van der Waals surface area (Å²) in [5, 5.41) is 23.2. The zero-order valence-corrected chi connectivity index (χ0v) is 39.8. The number of carbonyl (C=O) groups excluding carboxylic acids is 1. The highest BCUT2D eigenvalue weighted by Gasteiger charge is 2.18. The number of amides is 1. The van der Waals surface area contributed by atoms with Gasteiger partial charge in [0.25, 0.3) is 0 Å². The van der Waals surface area contributed by atoms with Crippen molar-refractivity contribution in [1.82, 2.24) is 5.32 Å². The normalized spacial score (nSPS) is 12.8. The van der Waals surface area contributed by atoms with Crippen molar-refractivity contribution in [3.05, 3.63) is 12.2 Å². The van der Waals surface area contributed by atoms with Gasteiger partial charge in [-0.25, -0.2) is 0 Å². The Morgan fingerprint density at radius 1 is 0.397 bits per heavy atom. The lowest BCUT2D eigenvalue weighted by Gasteiger charge is -2.20. The van der Waals surface area contributed by atoms with Gasteiger partial charge in [-0.15, -0.1) is 0 Å². The molecule has 2 atom stereocenters. The van der Waals surface area contributed by atoms with Crippen LogP contribution in [0.15, 0.2) is 12.2 Å². The summed E-state index contributed by atoms with van der Waals surface area (Å²) in [7, 11) is 0. The van der Waals surface area contributed by atoms with Gasteiger partial charge in [0.1, 0.15) is 0 Å². The van der Waals surface area contributed by atoms with Crippen LogP contribution in [0.1, 0.15) is 309 Å². The van der Waals surface area contributed by atoms with Gasteiger partial charge in [-0.1, -0.05) is 296 Å². The third kappa shape index (κ3) is 46.2. The molecule has 0 rings (SSSR count). The highest BCUT2D eigenvalue weighted by Crippen LogP contribution is 2.18. The Balaban J connectivity index is 3.46. The molecule has 3 N–H and O–H groups in total. The fourth-order valence-electron chi connectivity index (χ4n) is 8.65. The average Bonchev–Trinajstić information content (AvgIpc) is 3.23. The summed E-state index contributed by atoms with van der Waals surface area (Å²) in [6.07, 6.45) is 65.1. The summed E-state index contributed by atoms with van der Waals surface area (Å²) < 4.78 is 0. The number of unbranched alkanes of at least 4 members (excludes halogenated alkanes) is 43. The molecule has 346 valence electrons. The molecule has 0 aliphatic rings. The number of carbonyl (C=O) groups is 1. The van der Waals surface area contributed by atoms with Crippen LogP contribution in [0.5, 0.6) is 0 Å².